The number of carbonyl (C=O) groups excluding carboxylic acids is 1. The molecule has 0 aliphatic rings. The number of allylic oxidation sites excluding steroid dienone is 1. The third kappa shape index (κ3) is 6.79. The normalized spacial score (nSPS) is 12.0. The number of carbonyl (C=O) groups is 1. The highest BCUT2D eigenvalue weighted by atomic mass is 79.9. The van der Waals surface area contributed by atoms with Crippen molar-refractivity contribution in [1.29, 1.82) is 0 Å². The van der Waals surface area contributed by atoms with Crippen LogP contribution in [0.25, 0.3) is 6.08 Å². The van der Waals surface area contributed by atoms with Crippen molar-refractivity contribution in [3.8, 4) is 11.5 Å². The van der Waals surface area contributed by atoms with Gasteiger partial charge in [-0.3, -0.25) is 4.79 Å². The van der Waals surface area contributed by atoms with Gasteiger partial charge in [0.1, 0.15) is 17.6 Å². The molecular weight excluding hydrogens is 372 g/mol. The number of rotatable bonds is 9. The Labute approximate surface area is 152 Å². The van der Waals surface area contributed by atoms with Crippen LogP contribution in [0, 0.1) is 0 Å². The van der Waals surface area contributed by atoms with E-state index in [-0.39, 0.29) is 12.1 Å². The highest BCUT2D eigenvalue weighted by molar-refractivity contribution is 9.10. The lowest BCUT2D eigenvalue weighted by molar-refractivity contribution is -0.146. The maximum absolute atomic E-state index is 11.8. The summed E-state index contributed by atoms with van der Waals surface area (Å²) in [4.78, 5) is 11.8. The van der Waals surface area contributed by atoms with E-state index in [1.807, 2.05) is 38.1 Å². The standard InChI is InChI=1S/C19H25BrO4/c1-13(2)7-6-8-19(21)24-14(3)9-10-16-17(22-4)11-15(20)12-18(16)23-5/h9-12,14H,1,6-8H2,2-5H3/b10-9+/t14-/m0/s1. The van der Waals surface area contributed by atoms with E-state index < -0.39 is 0 Å². The summed E-state index contributed by atoms with van der Waals surface area (Å²) in [6.45, 7) is 7.60. The van der Waals surface area contributed by atoms with E-state index in [1.165, 1.54) is 0 Å². The number of methoxy groups -OCH3 is 2. The Morgan fingerprint density at radius 1 is 1.25 bits per heavy atom. The van der Waals surface area contributed by atoms with Gasteiger partial charge in [-0.1, -0.05) is 21.5 Å². The third-order valence-electron chi connectivity index (χ3n) is 3.34. The molecule has 0 amide bonds. The summed E-state index contributed by atoms with van der Waals surface area (Å²) in [5.41, 5.74) is 1.87. The molecule has 1 aromatic carbocycles. The number of ether oxygens (including phenoxy) is 3. The van der Waals surface area contributed by atoms with Gasteiger partial charge in [-0.25, -0.2) is 0 Å². The summed E-state index contributed by atoms with van der Waals surface area (Å²) in [5.74, 6) is 1.15. The molecule has 0 aliphatic heterocycles. The van der Waals surface area contributed by atoms with Crippen LogP contribution in [0.5, 0.6) is 11.5 Å². The van der Waals surface area contributed by atoms with Crippen LogP contribution in [0.2, 0.25) is 0 Å². The molecule has 24 heavy (non-hydrogen) atoms. The van der Waals surface area contributed by atoms with Crippen LogP contribution in [0.4, 0.5) is 0 Å². The Balaban J connectivity index is 2.71. The van der Waals surface area contributed by atoms with Gasteiger partial charge in [0, 0.05) is 10.9 Å². The van der Waals surface area contributed by atoms with Gasteiger partial charge < -0.3 is 14.2 Å². The minimum absolute atomic E-state index is 0.205. The van der Waals surface area contributed by atoms with E-state index >= 15 is 0 Å². The van der Waals surface area contributed by atoms with Crippen molar-refractivity contribution in [3.05, 3.63) is 40.4 Å². The molecule has 0 bridgehead atoms. The molecule has 0 saturated heterocycles. The van der Waals surface area contributed by atoms with Crippen molar-refractivity contribution in [2.75, 3.05) is 14.2 Å². The molecule has 0 saturated carbocycles. The molecule has 0 fully saturated rings. The first-order chi connectivity index (χ1) is 11.4. The maximum Gasteiger partial charge on any atom is 0.306 e. The number of hydrogen-bond acceptors (Lipinski definition) is 4. The van der Waals surface area contributed by atoms with Crippen molar-refractivity contribution in [1.82, 2.24) is 0 Å². The van der Waals surface area contributed by atoms with Crippen molar-refractivity contribution in [3.63, 3.8) is 0 Å². The molecular formula is C19H25BrO4. The van der Waals surface area contributed by atoms with E-state index in [2.05, 4.69) is 22.5 Å². The van der Waals surface area contributed by atoms with Gasteiger partial charge in [0.15, 0.2) is 0 Å². The molecule has 0 unspecified atom stereocenters. The predicted octanol–water partition coefficient (Wildman–Crippen LogP) is 5.16. The van der Waals surface area contributed by atoms with E-state index in [1.54, 1.807) is 14.2 Å². The molecule has 0 heterocycles. The zero-order valence-electron chi connectivity index (χ0n) is 14.7. The topological polar surface area (TPSA) is 44.8 Å². The minimum atomic E-state index is -0.333. The van der Waals surface area contributed by atoms with E-state index in [0.717, 1.165) is 28.5 Å². The van der Waals surface area contributed by atoms with Crippen LogP contribution in [-0.2, 0) is 9.53 Å². The van der Waals surface area contributed by atoms with E-state index in [9.17, 15) is 4.79 Å². The fourth-order valence-corrected chi connectivity index (χ4v) is 2.56. The van der Waals surface area contributed by atoms with Crippen LogP contribution in [0.1, 0.15) is 38.7 Å². The van der Waals surface area contributed by atoms with Gasteiger partial charge >= 0.3 is 5.97 Å². The van der Waals surface area contributed by atoms with Gasteiger partial charge in [-0.2, -0.15) is 0 Å². The summed E-state index contributed by atoms with van der Waals surface area (Å²) in [7, 11) is 3.20. The second-order valence-corrected chi connectivity index (χ2v) is 6.50. The zero-order chi connectivity index (χ0) is 18.1. The summed E-state index contributed by atoms with van der Waals surface area (Å²) >= 11 is 3.42. The summed E-state index contributed by atoms with van der Waals surface area (Å²) in [6, 6.07) is 3.72. The predicted molar refractivity (Wildman–Crippen MR) is 100 cm³/mol. The fourth-order valence-electron chi connectivity index (χ4n) is 2.14. The van der Waals surface area contributed by atoms with Gasteiger partial charge in [0.2, 0.25) is 0 Å². The Kier molecular flexibility index (Phi) is 8.61. The highest BCUT2D eigenvalue weighted by Crippen LogP contribution is 2.34. The summed E-state index contributed by atoms with van der Waals surface area (Å²) < 4.78 is 17.0. The second kappa shape index (κ2) is 10.2. The van der Waals surface area contributed by atoms with Crippen LogP contribution < -0.4 is 9.47 Å². The largest absolute Gasteiger partial charge is 0.496 e. The molecule has 0 N–H and O–H groups in total. The van der Waals surface area contributed by atoms with Crippen LogP contribution in [-0.4, -0.2) is 26.3 Å². The molecule has 1 atom stereocenters. The number of halogens is 1. The van der Waals surface area contributed by atoms with Crippen molar-refractivity contribution in [2.45, 2.75) is 39.2 Å². The lowest BCUT2D eigenvalue weighted by Crippen LogP contribution is -2.12. The summed E-state index contributed by atoms with van der Waals surface area (Å²) in [6.07, 6.45) is 5.32. The molecule has 0 aromatic heterocycles. The van der Waals surface area contributed by atoms with Crippen molar-refractivity contribution in [2.24, 2.45) is 0 Å². The number of esters is 1. The van der Waals surface area contributed by atoms with Gasteiger partial charge in [-0.05, 0) is 51.0 Å². The first-order valence-electron chi connectivity index (χ1n) is 7.81. The molecule has 1 aromatic rings. The molecule has 0 radical (unpaired) electrons. The maximum atomic E-state index is 11.8. The fraction of sp³-hybridized carbons (Fsp3) is 0.421. The monoisotopic (exact) mass is 396 g/mol. The molecule has 132 valence electrons. The van der Waals surface area contributed by atoms with Gasteiger partial charge in [0.25, 0.3) is 0 Å². The Morgan fingerprint density at radius 3 is 2.33 bits per heavy atom. The van der Waals surface area contributed by atoms with Gasteiger partial charge in [0.05, 0.1) is 19.8 Å². The minimum Gasteiger partial charge on any atom is -0.496 e. The van der Waals surface area contributed by atoms with Crippen LogP contribution in [0.3, 0.4) is 0 Å². The van der Waals surface area contributed by atoms with Crippen LogP contribution in [0.15, 0.2) is 34.8 Å². The molecule has 5 heteroatoms. The number of hydrogen-bond donors (Lipinski definition) is 0. The molecule has 1 rings (SSSR count). The van der Waals surface area contributed by atoms with E-state index in [0.29, 0.717) is 17.9 Å². The average molecular weight is 397 g/mol. The lowest BCUT2D eigenvalue weighted by Gasteiger charge is -2.12. The first-order valence-corrected chi connectivity index (χ1v) is 8.60. The Morgan fingerprint density at radius 2 is 1.83 bits per heavy atom. The quantitative estimate of drug-likeness (QED) is 0.427. The van der Waals surface area contributed by atoms with Gasteiger partial charge in [-0.15, -0.1) is 6.58 Å². The Hall–Kier alpha value is -1.75. The molecule has 0 aliphatic carbocycles. The number of benzene rings is 1. The molecule has 4 nitrogen and oxygen atoms in total. The van der Waals surface area contributed by atoms with Crippen LogP contribution >= 0.6 is 15.9 Å². The lowest BCUT2D eigenvalue weighted by atomic mass is 10.1. The zero-order valence-corrected chi connectivity index (χ0v) is 16.3. The van der Waals surface area contributed by atoms with Crippen molar-refractivity contribution >= 4 is 28.0 Å². The van der Waals surface area contributed by atoms with E-state index in [4.69, 9.17) is 14.2 Å². The highest BCUT2D eigenvalue weighted by Gasteiger charge is 2.11. The second-order valence-electron chi connectivity index (χ2n) is 5.59. The SMILES string of the molecule is C=C(C)CCCC(=O)O[C@@H](C)/C=C/c1c(OC)cc(Br)cc1OC. The Bertz CT molecular complexity index is 582. The first kappa shape index (κ1) is 20.3. The average Bonchev–Trinajstić information content (AvgIpc) is 2.52. The van der Waals surface area contributed by atoms with Crippen molar-refractivity contribution < 1.29 is 19.0 Å². The smallest absolute Gasteiger partial charge is 0.306 e. The molecule has 0 spiro atoms. The third-order valence-corrected chi connectivity index (χ3v) is 3.80. The summed E-state index contributed by atoms with van der Waals surface area (Å²) in [5, 5.41) is 0.